The van der Waals surface area contributed by atoms with Gasteiger partial charge in [-0.25, -0.2) is 0 Å². The Kier molecular flexibility index (Phi) is 4.41. The summed E-state index contributed by atoms with van der Waals surface area (Å²) >= 11 is 0. The van der Waals surface area contributed by atoms with Gasteiger partial charge in [-0.05, 0) is 43.4 Å². The zero-order valence-corrected chi connectivity index (χ0v) is 15.6. The number of piperidine rings is 1. The molecular weight excluding hydrogens is 336 g/mol. The molecule has 1 aliphatic heterocycles. The van der Waals surface area contributed by atoms with Crippen molar-refractivity contribution in [3.05, 3.63) is 69.8 Å². The van der Waals surface area contributed by atoms with Crippen molar-refractivity contribution in [2.75, 3.05) is 18.0 Å². The summed E-state index contributed by atoms with van der Waals surface area (Å²) < 4.78 is 1.57. The van der Waals surface area contributed by atoms with Gasteiger partial charge in [0.2, 0.25) is 0 Å². The van der Waals surface area contributed by atoms with Crippen LogP contribution in [-0.4, -0.2) is 22.6 Å². The largest absolute Gasteiger partial charge is 0.370 e. The van der Waals surface area contributed by atoms with E-state index < -0.39 is 0 Å². The first-order chi connectivity index (χ1) is 13.1. The van der Waals surface area contributed by atoms with Crippen LogP contribution >= 0.6 is 0 Å². The summed E-state index contributed by atoms with van der Waals surface area (Å²) in [4.78, 5) is 19.3. The van der Waals surface area contributed by atoms with Gasteiger partial charge in [-0.15, -0.1) is 0 Å². The number of nitriles is 1. The minimum Gasteiger partial charge on any atom is -0.370 e. The Hall–Kier alpha value is -3.13. The van der Waals surface area contributed by atoms with Crippen molar-refractivity contribution in [3.63, 3.8) is 0 Å². The molecule has 4 rings (SSSR count). The zero-order chi connectivity index (χ0) is 19.0. The summed E-state index contributed by atoms with van der Waals surface area (Å²) in [6.07, 6.45) is 3.95. The molecular formula is C22H22N4O. The van der Waals surface area contributed by atoms with Crippen LogP contribution in [0.3, 0.4) is 0 Å². The highest BCUT2D eigenvalue weighted by Crippen LogP contribution is 2.34. The van der Waals surface area contributed by atoms with Crippen LogP contribution in [0.4, 0.5) is 5.69 Å². The number of fused-ring (bicyclic) bond motifs is 1. The van der Waals surface area contributed by atoms with Crippen LogP contribution in [0.5, 0.6) is 0 Å². The lowest BCUT2D eigenvalue weighted by atomic mass is 9.89. The van der Waals surface area contributed by atoms with E-state index in [-0.39, 0.29) is 11.1 Å². The fourth-order valence-electron chi connectivity index (χ4n) is 4.07. The average molecular weight is 358 g/mol. The molecule has 0 radical (unpaired) electrons. The van der Waals surface area contributed by atoms with Crippen LogP contribution in [0.25, 0.3) is 10.9 Å². The number of nitrogens with zero attached hydrogens (tertiary/aromatic N) is 4. The molecule has 5 heteroatoms. The van der Waals surface area contributed by atoms with E-state index >= 15 is 0 Å². The zero-order valence-electron chi connectivity index (χ0n) is 15.6. The third kappa shape index (κ3) is 2.97. The summed E-state index contributed by atoms with van der Waals surface area (Å²) in [5.41, 5.74) is 3.97. The van der Waals surface area contributed by atoms with Crippen LogP contribution in [0.15, 0.2) is 47.4 Å². The van der Waals surface area contributed by atoms with Crippen molar-refractivity contribution in [2.24, 2.45) is 7.05 Å². The molecule has 1 aliphatic rings. The van der Waals surface area contributed by atoms with Gasteiger partial charge in [-0.1, -0.05) is 24.3 Å². The second kappa shape index (κ2) is 6.88. The first-order valence-electron chi connectivity index (χ1n) is 9.29. The smallest absolute Gasteiger partial charge is 0.270 e. The van der Waals surface area contributed by atoms with E-state index in [2.05, 4.69) is 28.1 Å². The highest BCUT2D eigenvalue weighted by Gasteiger charge is 2.26. The number of benzene rings is 1. The molecule has 0 N–H and O–H groups in total. The number of aromatic nitrogens is 2. The van der Waals surface area contributed by atoms with Crippen molar-refractivity contribution in [2.45, 2.75) is 25.7 Å². The molecule has 27 heavy (non-hydrogen) atoms. The minimum atomic E-state index is -0.226. The molecule has 0 spiro atoms. The molecule has 0 unspecified atom stereocenters. The summed E-state index contributed by atoms with van der Waals surface area (Å²) in [6.45, 7) is 3.64. The van der Waals surface area contributed by atoms with Gasteiger partial charge in [0.1, 0.15) is 11.6 Å². The van der Waals surface area contributed by atoms with E-state index in [0.29, 0.717) is 5.92 Å². The monoisotopic (exact) mass is 358 g/mol. The third-order valence-electron chi connectivity index (χ3n) is 5.60. The fourth-order valence-corrected chi connectivity index (χ4v) is 4.07. The number of pyridine rings is 2. The van der Waals surface area contributed by atoms with E-state index in [1.165, 1.54) is 5.56 Å². The van der Waals surface area contributed by atoms with Gasteiger partial charge in [0.05, 0.1) is 11.2 Å². The summed E-state index contributed by atoms with van der Waals surface area (Å²) in [5, 5.41) is 10.6. The number of anilines is 1. The van der Waals surface area contributed by atoms with E-state index in [1.54, 1.807) is 11.6 Å². The van der Waals surface area contributed by atoms with Crippen molar-refractivity contribution in [1.82, 2.24) is 9.55 Å². The number of para-hydroxylation sites is 1. The first kappa shape index (κ1) is 17.3. The third-order valence-corrected chi connectivity index (χ3v) is 5.60. The van der Waals surface area contributed by atoms with Gasteiger partial charge in [0.25, 0.3) is 5.56 Å². The highest BCUT2D eigenvalue weighted by atomic mass is 16.1. The van der Waals surface area contributed by atoms with Crippen LogP contribution in [-0.2, 0) is 7.05 Å². The molecule has 5 nitrogen and oxygen atoms in total. The molecule has 1 aromatic carbocycles. The molecule has 136 valence electrons. The Morgan fingerprint density at radius 3 is 2.56 bits per heavy atom. The summed E-state index contributed by atoms with van der Waals surface area (Å²) in [7, 11) is 1.73. The Morgan fingerprint density at radius 2 is 1.89 bits per heavy atom. The van der Waals surface area contributed by atoms with Crippen LogP contribution in [0.2, 0.25) is 0 Å². The average Bonchev–Trinajstić information content (AvgIpc) is 2.71. The van der Waals surface area contributed by atoms with Crippen molar-refractivity contribution >= 4 is 16.6 Å². The molecule has 0 amide bonds. The Bertz CT molecular complexity index is 1080. The Balaban J connectivity index is 1.70. The predicted molar refractivity (Wildman–Crippen MR) is 107 cm³/mol. The van der Waals surface area contributed by atoms with Gasteiger partial charge < -0.3 is 9.47 Å². The lowest BCUT2D eigenvalue weighted by Crippen LogP contribution is -2.35. The van der Waals surface area contributed by atoms with Crippen molar-refractivity contribution in [3.8, 4) is 6.07 Å². The van der Waals surface area contributed by atoms with E-state index in [1.807, 2.05) is 37.4 Å². The second-order valence-electron chi connectivity index (χ2n) is 7.21. The summed E-state index contributed by atoms with van der Waals surface area (Å²) in [6, 6.07) is 14.2. The molecule has 2 aromatic heterocycles. The van der Waals surface area contributed by atoms with Crippen molar-refractivity contribution in [1.29, 1.82) is 5.26 Å². The second-order valence-corrected chi connectivity index (χ2v) is 7.21. The Morgan fingerprint density at radius 1 is 1.15 bits per heavy atom. The molecule has 0 bridgehead atoms. The number of aryl methyl sites for hydroxylation is 2. The summed E-state index contributed by atoms with van der Waals surface area (Å²) in [5.74, 6) is 0.470. The Labute approximate surface area is 158 Å². The maximum absolute atomic E-state index is 12.7. The first-order valence-corrected chi connectivity index (χ1v) is 9.29. The maximum atomic E-state index is 12.7. The van der Waals surface area contributed by atoms with Crippen molar-refractivity contribution < 1.29 is 0 Å². The molecule has 3 aromatic rings. The van der Waals surface area contributed by atoms with Gasteiger partial charge in [0, 0.05) is 37.4 Å². The van der Waals surface area contributed by atoms with Gasteiger partial charge in [0.15, 0.2) is 0 Å². The molecule has 0 atom stereocenters. The van der Waals surface area contributed by atoms with E-state index in [9.17, 15) is 10.1 Å². The maximum Gasteiger partial charge on any atom is 0.270 e. The molecule has 3 heterocycles. The lowest BCUT2D eigenvalue weighted by Gasteiger charge is -2.35. The van der Waals surface area contributed by atoms with Gasteiger partial charge >= 0.3 is 0 Å². The normalized spacial score (nSPS) is 15.1. The SMILES string of the molecule is Cc1ccc(C2CCN(c3c(C#N)c(=O)n(C)c4ccccc34)CC2)cn1. The topological polar surface area (TPSA) is 61.9 Å². The van der Waals surface area contributed by atoms with Gasteiger partial charge in [-0.3, -0.25) is 9.78 Å². The van der Waals surface area contributed by atoms with Gasteiger partial charge in [-0.2, -0.15) is 5.26 Å². The molecule has 1 fully saturated rings. The molecule has 0 aliphatic carbocycles. The number of hydrogen-bond acceptors (Lipinski definition) is 4. The van der Waals surface area contributed by atoms with Crippen LogP contribution < -0.4 is 10.5 Å². The number of rotatable bonds is 2. The van der Waals surface area contributed by atoms with E-state index in [0.717, 1.165) is 48.2 Å². The highest BCUT2D eigenvalue weighted by molar-refractivity contribution is 5.94. The lowest BCUT2D eigenvalue weighted by molar-refractivity contribution is 0.504. The van der Waals surface area contributed by atoms with Crippen LogP contribution in [0.1, 0.15) is 35.6 Å². The molecule has 1 saturated heterocycles. The van der Waals surface area contributed by atoms with Crippen LogP contribution in [0, 0.1) is 18.3 Å². The van der Waals surface area contributed by atoms with E-state index in [4.69, 9.17) is 0 Å². The fraction of sp³-hybridized carbons (Fsp3) is 0.318. The predicted octanol–water partition coefficient (Wildman–Crippen LogP) is 3.50. The quantitative estimate of drug-likeness (QED) is 0.703. The standard InChI is InChI=1S/C22H22N4O/c1-15-7-8-17(14-24-15)16-9-11-26(12-10-16)21-18-5-3-4-6-20(18)25(2)22(27)19(21)13-23/h3-8,14,16H,9-12H2,1-2H3. The number of hydrogen-bond donors (Lipinski definition) is 0. The molecule has 0 saturated carbocycles. The minimum absolute atomic E-state index is 0.226.